The van der Waals surface area contributed by atoms with Crippen molar-refractivity contribution < 1.29 is 0 Å². The number of fused-ring (bicyclic) bond motifs is 4. The van der Waals surface area contributed by atoms with Gasteiger partial charge in [0.05, 0.1) is 0 Å². The SMILES string of the molecule is C[C@@H]1[C@@H](Nc2ncc(-c3ccc4c(ccn4C)c3)cn2)C2CCN1CC2. The Morgan fingerprint density at radius 3 is 2.54 bits per heavy atom. The predicted molar refractivity (Wildman–Crippen MR) is 105 cm³/mol. The molecule has 3 fully saturated rings. The van der Waals surface area contributed by atoms with Gasteiger partial charge in [-0.2, -0.15) is 0 Å². The first-order valence-corrected chi connectivity index (χ1v) is 9.57. The van der Waals surface area contributed by atoms with Gasteiger partial charge in [-0.1, -0.05) is 6.07 Å². The second kappa shape index (κ2) is 6.09. The summed E-state index contributed by atoms with van der Waals surface area (Å²) in [5.41, 5.74) is 3.46. The van der Waals surface area contributed by atoms with Gasteiger partial charge in [0.15, 0.2) is 0 Å². The molecule has 0 aliphatic carbocycles. The van der Waals surface area contributed by atoms with E-state index in [0.717, 1.165) is 23.0 Å². The molecular weight excluding hydrogens is 322 g/mol. The highest BCUT2D eigenvalue weighted by Crippen LogP contribution is 2.33. The van der Waals surface area contributed by atoms with Crippen molar-refractivity contribution >= 4 is 16.9 Å². The van der Waals surface area contributed by atoms with Gasteiger partial charge in [0.25, 0.3) is 0 Å². The predicted octanol–water partition coefficient (Wildman–Crippen LogP) is 3.53. The molecule has 5 nitrogen and oxygen atoms in total. The Balaban J connectivity index is 1.36. The zero-order valence-electron chi connectivity index (χ0n) is 15.4. The van der Waals surface area contributed by atoms with Crippen LogP contribution in [0, 0.1) is 5.92 Å². The topological polar surface area (TPSA) is 46.0 Å². The highest BCUT2D eigenvalue weighted by atomic mass is 15.2. The summed E-state index contributed by atoms with van der Waals surface area (Å²) in [6.07, 6.45) is 8.54. The van der Waals surface area contributed by atoms with Crippen LogP contribution in [0.5, 0.6) is 0 Å². The molecule has 134 valence electrons. The zero-order valence-corrected chi connectivity index (χ0v) is 15.4. The van der Waals surface area contributed by atoms with E-state index in [1.54, 1.807) is 0 Å². The van der Waals surface area contributed by atoms with Gasteiger partial charge in [0.2, 0.25) is 5.95 Å². The van der Waals surface area contributed by atoms with Crippen molar-refractivity contribution in [2.24, 2.45) is 13.0 Å². The number of rotatable bonds is 3. The third-order valence-corrected chi connectivity index (χ3v) is 6.34. The first-order valence-electron chi connectivity index (χ1n) is 9.57. The molecule has 3 aliphatic rings. The zero-order chi connectivity index (χ0) is 17.7. The Hall–Kier alpha value is -2.40. The van der Waals surface area contributed by atoms with E-state index in [2.05, 4.69) is 69.2 Å². The Kier molecular flexibility index (Phi) is 3.71. The molecule has 3 saturated heterocycles. The molecule has 3 aromatic rings. The first kappa shape index (κ1) is 15.8. The number of hydrogen-bond acceptors (Lipinski definition) is 4. The molecule has 0 radical (unpaired) electrons. The van der Waals surface area contributed by atoms with Crippen LogP contribution in [0.3, 0.4) is 0 Å². The van der Waals surface area contributed by atoms with E-state index in [0.29, 0.717) is 12.1 Å². The van der Waals surface area contributed by atoms with Gasteiger partial charge < -0.3 is 9.88 Å². The third-order valence-electron chi connectivity index (χ3n) is 6.34. The quantitative estimate of drug-likeness (QED) is 0.787. The first-order chi connectivity index (χ1) is 12.7. The molecule has 2 aromatic heterocycles. The van der Waals surface area contributed by atoms with E-state index in [9.17, 15) is 0 Å². The molecule has 1 N–H and O–H groups in total. The molecule has 0 spiro atoms. The summed E-state index contributed by atoms with van der Waals surface area (Å²) in [6, 6.07) is 9.67. The van der Waals surface area contributed by atoms with E-state index in [-0.39, 0.29) is 0 Å². The average Bonchev–Trinajstić information content (AvgIpc) is 3.06. The van der Waals surface area contributed by atoms with Crippen LogP contribution in [-0.4, -0.2) is 44.6 Å². The van der Waals surface area contributed by atoms with Crippen molar-refractivity contribution in [2.75, 3.05) is 18.4 Å². The molecule has 0 amide bonds. The maximum atomic E-state index is 4.61. The summed E-state index contributed by atoms with van der Waals surface area (Å²) >= 11 is 0. The number of aryl methyl sites for hydroxylation is 1. The summed E-state index contributed by atoms with van der Waals surface area (Å²) in [4.78, 5) is 11.8. The van der Waals surface area contributed by atoms with Crippen LogP contribution >= 0.6 is 0 Å². The van der Waals surface area contributed by atoms with Crippen molar-refractivity contribution in [1.82, 2.24) is 19.4 Å². The van der Waals surface area contributed by atoms with Crippen molar-refractivity contribution in [3.63, 3.8) is 0 Å². The van der Waals surface area contributed by atoms with E-state index < -0.39 is 0 Å². The molecule has 5 heterocycles. The molecule has 6 rings (SSSR count). The summed E-state index contributed by atoms with van der Waals surface area (Å²) in [6.45, 7) is 4.81. The molecule has 0 saturated carbocycles. The van der Waals surface area contributed by atoms with Crippen LogP contribution < -0.4 is 5.32 Å². The fraction of sp³-hybridized carbons (Fsp3) is 0.429. The fourth-order valence-electron chi connectivity index (χ4n) is 4.71. The summed E-state index contributed by atoms with van der Waals surface area (Å²) in [7, 11) is 2.07. The average molecular weight is 347 g/mol. The Morgan fingerprint density at radius 2 is 1.81 bits per heavy atom. The van der Waals surface area contributed by atoms with Gasteiger partial charge in [-0.3, -0.25) is 4.90 Å². The molecule has 2 atom stereocenters. The van der Waals surface area contributed by atoms with Crippen LogP contribution in [0.4, 0.5) is 5.95 Å². The van der Waals surface area contributed by atoms with E-state index >= 15 is 0 Å². The minimum Gasteiger partial charge on any atom is -0.351 e. The van der Waals surface area contributed by atoms with Gasteiger partial charge in [-0.25, -0.2) is 9.97 Å². The smallest absolute Gasteiger partial charge is 0.222 e. The largest absolute Gasteiger partial charge is 0.351 e. The number of nitrogens with one attached hydrogen (secondary N) is 1. The summed E-state index contributed by atoms with van der Waals surface area (Å²) in [5, 5.41) is 4.85. The number of piperidine rings is 3. The lowest BCUT2D eigenvalue weighted by molar-refractivity contribution is 0.0455. The maximum Gasteiger partial charge on any atom is 0.222 e. The molecule has 26 heavy (non-hydrogen) atoms. The molecule has 0 unspecified atom stereocenters. The summed E-state index contributed by atoms with van der Waals surface area (Å²) in [5.74, 6) is 1.50. The second-order valence-electron chi connectivity index (χ2n) is 7.78. The van der Waals surface area contributed by atoms with Crippen molar-refractivity contribution in [3.05, 3.63) is 42.9 Å². The Labute approximate surface area is 154 Å². The Bertz CT molecular complexity index is 919. The minimum atomic E-state index is 0.462. The van der Waals surface area contributed by atoms with Crippen LogP contribution in [0.1, 0.15) is 19.8 Å². The summed E-state index contributed by atoms with van der Waals surface area (Å²) < 4.78 is 2.14. The third kappa shape index (κ3) is 2.58. The van der Waals surface area contributed by atoms with Crippen LogP contribution in [0.25, 0.3) is 22.0 Å². The fourth-order valence-corrected chi connectivity index (χ4v) is 4.71. The van der Waals surface area contributed by atoms with Gasteiger partial charge in [0.1, 0.15) is 0 Å². The van der Waals surface area contributed by atoms with Crippen LogP contribution in [0.2, 0.25) is 0 Å². The monoisotopic (exact) mass is 347 g/mol. The highest BCUT2D eigenvalue weighted by Gasteiger charge is 2.39. The number of anilines is 1. The molecule has 3 aliphatic heterocycles. The number of aromatic nitrogens is 3. The number of hydrogen-bond donors (Lipinski definition) is 1. The van der Waals surface area contributed by atoms with Gasteiger partial charge in [-0.05, 0) is 62.5 Å². The molecule has 2 bridgehead atoms. The standard InChI is InChI=1S/C21H25N5/c1-14-20(15-6-9-26(14)10-7-15)24-21-22-12-18(13-23-21)16-3-4-19-17(11-16)5-8-25(19)2/h3-5,8,11-15,20H,6-7,9-10H2,1-2H3,(H,22,23,24)/t14-,20-/m1/s1. The minimum absolute atomic E-state index is 0.462. The second-order valence-corrected chi connectivity index (χ2v) is 7.78. The normalized spacial score (nSPS) is 27.8. The lowest BCUT2D eigenvalue weighted by atomic mass is 9.79. The number of benzene rings is 1. The Morgan fingerprint density at radius 1 is 1.04 bits per heavy atom. The maximum absolute atomic E-state index is 4.61. The van der Waals surface area contributed by atoms with Crippen molar-refractivity contribution in [1.29, 1.82) is 0 Å². The number of nitrogens with zero attached hydrogens (tertiary/aromatic N) is 4. The van der Waals surface area contributed by atoms with E-state index in [1.807, 2.05) is 12.4 Å². The van der Waals surface area contributed by atoms with E-state index in [1.165, 1.54) is 36.8 Å². The van der Waals surface area contributed by atoms with Crippen LogP contribution in [0.15, 0.2) is 42.9 Å². The van der Waals surface area contributed by atoms with E-state index in [4.69, 9.17) is 0 Å². The molecular formula is C21H25N5. The lowest BCUT2D eigenvalue weighted by Gasteiger charge is -2.49. The van der Waals surface area contributed by atoms with Gasteiger partial charge >= 0.3 is 0 Å². The van der Waals surface area contributed by atoms with Gasteiger partial charge in [-0.15, -0.1) is 0 Å². The molecule has 1 aromatic carbocycles. The van der Waals surface area contributed by atoms with Crippen molar-refractivity contribution in [2.45, 2.75) is 31.8 Å². The lowest BCUT2D eigenvalue weighted by Crippen LogP contribution is -2.59. The van der Waals surface area contributed by atoms with Gasteiger partial charge in [0, 0.05) is 54.2 Å². The van der Waals surface area contributed by atoms with Crippen molar-refractivity contribution in [3.8, 4) is 11.1 Å². The molecule has 5 heteroatoms. The van der Waals surface area contributed by atoms with Crippen LogP contribution in [-0.2, 0) is 7.05 Å². The highest BCUT2D eigenvalue weighted by molar-refractivity contribution is 5.85.